The minimum atomic E-state index is 0.0906. The van der Waals surface area contributed by atoms with Crippen LogP contribution in [0.5, 0.6) is 0 Å². The van der Waals surface area contributed by atoms with Crippen molar-refractivity contribution < 1.29 is 4.79 Å². The van der Waals surface area contributed by atoms with Crippen LogP contribution < -0.4 is 5.32 Å². The van der Waals surface area contributed by atoms with Gasteiger partial charge in [0.05, 0.1) is 4.88 Å². The predicted molar refractivity (Wildman–Crippen MR) is 71.3 cm³/mol. The van der Waals surface area contributed by atoms with Gasteiger partial charge in [0.15, 0.2) is 0 Å². The molecule has 1 amide bonds. The van der Waals surface area contributed by atoms with Crippen LogP contribution in [-0.4, -0.2) is 17.3 Å². The Morgan fingerprint density at radius 2 is 2.31 bits per heavy atom. The third-order valence-electron chi connectivity index (χ3n) is 3.17. The Balaban J connectivity index is 1.95. The summed E-state index contributed by atoms with van der Waals surface area (Å²) in [6.45, 7) is 0. The number of carbonyl (C=O) groups excluding carboxylic acids is 1. The molecule has 2 rings (SSSR count). The third kappa shape index (κ3) is 2.86. The van der Waals surface area contributed by atoms with Gasteiger partial charge in [-0.15, -0.1) is 11.3 Å². The van der Waals surface area contributed by atoms with E-state index in [0.29, 0.717) is 12.0 Å². The van der Waals surface area contributed by atoms with Gasteiger partial charge < -0.3 is 5.32 Å². The molecular weight excluding hydrogens is 286 g/mol. The van der Waals surface area contributed by atoms with E-state index in [2.05, 4.69) is 21.2 Å². The van der Waals surface area contributed by atoms with Crippen LogP contribution >= 0.6 is 27.3 Å². The maximum Gasteiger partial charge on any atom is 0.261 e. The van der Waals surface area contributed by atoms with Crippen LogP contribution in [-0.2, 0) is 0 Å². The van der Waals surface area contributed by atoms with Crippen molar-refractivity contribution >= 4 is 33.2 Å². The molecule has 2 atom stereocenters. The molecule has 2 nitrogen and oxygen atoms in total. The normalized spacial score (nSPS) is 25.3. The van der Waals surface area contributed by atoms with Gasteiger partial charge in [-0.1, -0.05) is 34.8 Å². The molecule has 0 spiro atoms. The number of alkyl halides is 1. The first-order chi connectivity index (χ1) is 7.81. The molecule has 16 heavy (non-hydrogen) atoms. The SMILES string of the molecule is O=C(NC1CCCCC1CBr)c1cccs1. The maximum atomic E-state index is 11.9. The molecule has 0 aliphatic heterocycles. The fourth-order valence-corrected chi connectivity index (χ4v) is 3.63. The molecule has 1 aliphatic carbocycles. The summed E-state index contributed by atoms with van der Waals surface area (Å²) in [5.74, 6) is 0.686. The van der Waals surface area contributed by atoms with Gasteiger partial charge in [-0.05, 0) is 30.2 Å². The second-order valence-electron chi connectivity index (χ2n) is 4.26. The molecule has 1 heterocycles. The van der Waals surface area contributed by atoms with Crippen LogP contribution in [0.4, 0.5) is 0 Å². The number of amides is 1. The van der Waals surface area contributed by atoms with Crippen molar-refractivity contribution in [1.82, 2.24) is 5.32 Å². The largest absolute Gasteiger partial charge is 0.348 e. The number of hydrogen-bond acceptors (Lipinski definition) is 2. The van der Waals surface area contributed by atoms with Crippen LogP contribution in [0.15, 0.2) is 17.5 Å². The molecule has 88 valence electrons. The second kappa shape index (κ2) is 5.82. The number of thiophene rings is 1. The van der Waals surface area contributed by atoms with Crippen molar-refractivity contribution in [2.75, 3.05) is 5.33 Å². The Morgan fingerprint density at radius 1 is 1.50 bits per heavy atom. The van der Waals surface area contributed by atoms with Crippen LogP contribution in [0.1, 0.15) is 35.4 Å². The van der Waals surface area contributed by atoms with Gasteiger partial charge in [-0.25, -0.2) is 0 Å². The fraction of sp³-hybridized carbons (Fsp3) is 0.583. The standard InChI is InChI=1S/C12H16BrNOS/c13-8-9-4-1-2-5-10(9)14-12(15)11-6-3-7-16-11/h3,6-7,9-10H,1-2,4-5,8H2,(H,14,15). The first kappa shape index (κ1) is 12.1. The van der Waals surface area contributed by atoms with Crippen molar-refractivity contribution in [3.8, 4) is 0 Å². The van der Waals surface area contributed by atoms with E-state index >= 15 is 0 Å². The van der Waals surface area contributed by atoms with Crippen LogP contribution in [0.3, 0.4) is 0 Å². The van der Waals surface area contributed by atoms with E-state index in [-0.39, 0.29) is 5.91 Å². The molecule has 1 aromatic heterocycles. The first-order valence-electron chi connectivity index (χ1n) is 5.71. The van der Waals surface area contributed by atoms with Crippen LogP contribution in [0, 0.1) is 5.92 Å². The molecule has 1 saturated carbocycles. The van der Waals surface area contributed by atoms with Crippen molar-refractivity contribution in [2.24, 2.45) is 5.92 Å². The lowest BCUT2D eigenvalue weighted by molar-refractivity contribution is 0.0916. The second-order valence-corrected chi connectivity index (χ2v) is 5.85. The van der Waals surface area contributed by atoms with Gasteiger partial charge in [-0.3, -0.25) is 4.79 Å². The zero-order chi connectivity index (χ0) is 11.4. The Kier molecular flexibility index (Phi) is 4.41. The maximum absolute atomic E-state index is 11.9. The van der Waals surface area contributed by atoms with Crippen molar-refractivity contribution in [2.45, 2.75) is 31.7 Å². The molecule has 1 fully saturated rings. The minimum absolute atomic E-state index is 0.0906. The molecule has 0 bridgehead atoms. The number of carbonyl (C=O) groups is 1. The number of rotatable bonds is 3. The zero-order valence-corrected chi connectivity index (χ0v) is 11.5. The Labute approximate surface area is 109 Å². The van der Waals surface area contributed by atoms with E-state index in [1.165, 1.54) is 30.6 Å². The molecule has 0 radical (unpaired) electrons. The summed E-state index contributed by atoms with van der Waals surface area (Å²) in [4.78, 5) is 12.7. The molecule has 1 aromatic rings. The van der Waals surface area contributed by atoms with E-state index in [1.807, 2.05) is 17.5 Å². The van der Waals surface area contributed by atoms with Crippen molar-refractivity contribution in [3.05, 3.63) is 22.4 Å². The average molecular weight is 302 g/mol. The van der Waals surface area contributed by atoms with E-state index in [1.54, 1.807) is 0 Å². The quantitative estimate of drug-likeness (QED) is 0.852. The lowest BCUT2D eigenvalue weighted by Gasteiger charge is -2.30. The smallest absolute Gasteiger partial charge is 0.261 e. The monoisotopic (exact) mass is 301 g/mol. The predicted octanol–water partition coefficient (Wildman–Crippen LogP) is 3.43. The number of halogens is 1. The van der Waals surface area contributed by atoms with Gasteiger partial charge in [0, 0.05) is 11.4 Å². The lowest BCUT2D eigenvalue weighted by Crippen LogP contribution is -2.42. The summed E-state index contributed by atoms with van der Waals surface area (Å²) < 4.78 is 0. The summed E-state index contributed by atoms with van der Waals surface area (Å²) >= 11 is 5.05. The average Bonchev–Trinajstić information content (AvgIpc) is 2.83. The van der Waals surface area contributed by atoms with E-state index in [0.717, 1.165) is 16.6 Å². The Bertz CT molecular complexity index is 339. The van der Waals surface area contributed by atoms with Gasteiger partial charge >= 0.3 is 0 Å². The van der Waals surface area contributed by atoms with Crippen molar-refractivity contribution in [3.63, 3.8) is 0 Å². The number of nitrogens with one attached hydrogen (secondary N) is 1. The molecule has 4 heteroatoms. The molecule has 2 unspecified atom stereocenters. The van der Waals surface area contributed by atoms with Gasteiger partial charge in [0.1, 0.15) is 0 Å². The molecule has 1 N–H and O–H groups in total. The summed E-state index contributed by atoms with van der Waals surface area (Å²) in [6.07, 6.45) is 4.87. The Hall–Kier alpha value is -0.350. The zero-order valence-electron chi connectivity index (χ0n) is 9.12. The highest BCUT2D eigenvalue weighted by Gasteiger charge is 2.25. The summed E-state index contributed by atoms with van der Waals surface area (Å²) in [5, 5.41) is 6.09. The highest BCUT2D eigenvalue weighted by molar-refractivity contribution is 9.09. The molecule has 0 aromatic carbocycles. The van der Waals surface area contributed by atoms with E-state index < -0.39 is 0 Å². The molecular formula is C12H16BrNOS. The van der Waals surface area contributed by atoms with Crippen LogP contribution in [0.25, 0.3) is 0 Å². The fourth-order valence-electron chi connectivity index (χ4n) is 2.23. The van der Waals surface area contributed by atoms with Crippen LogP contribution in [0.2, 0.25) is 0 Å². The van der Waals surface area contributed by atoms with Gasteiger partial charge in [0.25, 0.3) is 5.91 Å². The summed E-state index contributed by atoms with van der Waals surface area (Å²) in [6, 6.07) is 4.15. The third-order valence-corrected chi connectivity index (χ3v) is 4.87. The van der Waals surface area contributed by atoms with Crippen molar-refractivity contribution in [1.29, 1.82) is 0 Å². The summed E-state index contributed by atoms with van der Waals surface area (Å²) in [5.41, 5.74) is 0. The minimum Gasteiger partial charge on any atom is -0.348 e. The van der Waals surface area contributed by atoms with E-state index in [4.69, 9.17) is 0 Å². The molecule has 1 aliphatic rings. The van der Waals surface area contributed by atoms with E-state index in [9.17, 15) is 4.79 Å². The molecule has 0 saturated heterocycles. The number of hydrogen-bond donors (Lipinski definition) is 1. The van der Waals surface area contributed by atoms with Gasteiger partial charge in [-0.2, -0.15) is 0 Å². The van der Waals surface area contributed by atoms with Gasteiger partial charge in [0.2, 0.25) is 0 Å². The first-order valence-corrected chi connectivity index (χ1v) is 7.71. The highest BCUT2D eigenvalue weighted by atomic mass is 79.9. The lowest BCUT2D eigenvalue weighted by atomic mass is 9.86. The highest BCUT2D eigenvalue weighted by Crippen LogP contribution is 2.26. The Morgan fingerprint density at radius 3 is 3.00 bits per heavy atom. The topological polar surface area (TPSA) is 29.1 Å². The summed E-state index contributed by atoms with van der Waals surface area (Å²) in [7, 11) is 0.